The summed E-state index contributed by atoms with van der Waals surface area (Å²) in [5.74, 6) is 1.30. The van der Waals surface area contributed by atoms with Gasteiger partial charge in [0, 0.05) is 44.1 Å². The molecule has 2 aromatic rings. The topological polar surface area (TPSA) is 71.2 Å². The van der Waals surface area contributed by atoms with E-state index in [2.05, 4.69) is 31.8 Å². The number of hydrogen-bond donors (Lipinski definition) is 1. The summed E-state index contributed by atoms with van der Waals surface area (Å²) in [6.07, 6.45) is 3.50. The number of rotatable bonds is 2. The standard InChI is InChI=1S/C14H18N6/c1-19-6-8-20(9-7-19)13-3-2-11(10-17-13)12-4-5-16-14(15)18-12/h2-5,10H,6-9H2,1H3,(H2,15,16,18). The average molecular weight is 270 g/mol. The SMILES string of the molecule is CN1CCN(c2ccc(-c3ccnc(N)n3)cn2)CC1. The number of anilines is 2. The van der Waals surface area contributed by atoms with Crippen LogP contribution in [-0.2, 0) is 0 Å². The zero-order valence-electron chi connectivity index (χ0n) is 11.5. The van der Waals surface area contributed by atoms with E-state index in [1.54, 1.807) is 6.20 Å². The van der Waals surface area contributed by atoms with Crippen LogP contribution in [0.15, 0.2) is 30.6 Å². The summed E-state index contributed by atoms with van der Waals surface area (Å²) in [4.78, 5) is 17.3. The molecule has 0 radical (unpaired) electrons. The average Bonchev–Trinajstić information content (AvgIpc) is 2.48. The minimum absolute atomic E-state index is 0.283. The minimum atomic E-state index is 0.283. The zero-order chi connectivity index (χ0) is 13.9. The molecule has 2 aromatic heterocycles. The monoisotopic (exact) mass is 270 g/mol. The quantitative estimate of drug-likeness (QED) is 0.873. The molecule has 3 rings (SSSR count). The third-order valence-corrected chi connectivity index (χ3v) is 3.55. The van der Waals surface area contributed by atoms with Crippen LogP contribution in [0.1, 0.15) is 0 Å². The van der Waals surface area contributed by atoms with Gasteiger partial charge in [-0.25, -0.2) is 15.0 Å². The first-order chi connectivity index (χ1) is 9.72. The van der Waals surface area contributed by atoms with Crippen molar-refractivity contribution in [2.45, 2.75) is 0 Å². The third-order valence-electron chi connectivity index (χ3n) is 3.55. The summed E-state index contributed by atoms with van der Waals surface area (Å²) in [5, 5.41) is 0. The molecule has 0 unspecified atom stereocenters. The summed E-state index contributed by atoms with van der Waals surface area (Å²) in [5.41, 5.74) is 7.36. The molecule has 0 aliphatic carbocycles. The third kappa shape index (κ3) is 2.70. The van der Waals surface area contributed by atoms with E-state index in [1.807, 2.05) is 24.4 Å². The lowest BCUT2D eigenvalue weighted by molar-refractivity contribution is 0.312. The molecule has 0 saturated carbocycles. The van der Waals surface area contributed by atoms with E-state index in [9.17, 15) is 0 Å². The summed E-state index contributed by atoms with van der Waals surface area (Å²) in [7, 11) is 2.15. The molecule has 0 bridgehead atoms. The van der Waals surface area contributed by atoms with Gasteiger partial charge in [-0.05, 0) is 25.2 Å². The van der Waals surface area contributed by atoms with Crippen LogP contribution >= 0.6 is 0 Å². The molecule has 0 amide bonds. The van der Waals surface area contributed by atoms with Gasteiger partial charge in [-0.15, -0.1) is 0 Å². The Bertz CT molecular complexity index is 574. The van der Waals surface area contributed by atoms with Gasteiger partial charge in [0.1, 0.15) is 5.82 Å². The predicted octanol–water partition coefficient (Wildman–Crippen LogP) is 0.873. The van der Waals surface area contributed by atoms with Crippen LogP contribution in [-0.4, -0.2) is 53.1 Å². The van der Waals surface area contributed by atoms with E-state index in [-0.39, 0.29) is 5.95 Å². The predicted molar refractivity (Wildman–Crippen MR) is 79.4 cm³/mol. The van der Waals surface area contributed by atoms with Crippen molar-refractivity contribution in [1.29, 1.82) is 0 Å². The Labute approximate surface area is 118 Å². The van der Waals surface area contributed by atoms with Crippen molar-refractivity contribution in [2.75, 3.05) is 43.9 Å². The number of nitrogens with two attached hydrogens (primary N) is 1. The van der Waals surface area contributed by atoms with Crippen molar-refractivity contribution in [3.63, 3.8) is 0 Å². The van der Waals surface area contributed by atoms with Gasteiger partial charge in [0.25, 0.3) is 0 Å². The lowest BCUT2D eigenvalue weighted by Gasteiger charge is -2.33. The van der Waals surface area contributed by atoms with Gasteiger partial charge in [0.05, 0.1) is 5.69 Å². The van der Waals surface area contributed by atoms with Crippen molar-refractivity contribution in [3.05, 3.63) is 30.6 Å². The Morgan fingerprint density at radius 2 is 1.85 bits per heavy atom. The number of nitrogen functional groups attached to an aromatic ring is 1. The maximum atomic E-state index is 5.60. The molecule has 20 heavy (non-hydrogen) atoms. The lowest BCUT2D eigenvalue weighted by Crippen LogP contribution is -2.44. The molecule has 0 aromatic carbocycles. The Kier molecular flexibility index (Phi) is 3.47. The number of aromatic nitrogens is 3. The first-order valence-electron chi connectivity index (χ1n) is 6.71. The molecule has 1 fully saturated rings. The Hall–Kier alpha value is -2.21. The van der Waals surface area contributed by atoms with Gasteiger partial charge in [-0.2, -0.15) is 0 Å². The minimum Gasteiger partial charge on any atom is -0.368 e. The van der Waals surface area contributed by atoms with Crippen molar-refractivity contribution in [1.82, 2.24) is 19.9 Å². The molecule has 2 N–H and O–H groups in total. The van der Waals surface area contributed by atoms with Gasteiger partial charge >= 0.3 is 0 Å². The molecular weight excluding hydrogens is 252 g/mol. The maximum absolute atomic E-state index is 5.60. The molecular formula is C14H18N6. The van der Waals surface area contributed by atoms with Crippen LogP contribution in [0.2, 0.25) is 0 Å². The van der Waals surface area contributed by atoms with Gasteiger partial charge in [-0.1, -0.05) is 0 Å². The first kappa shape index (κ1) is 12.8. The van der Waals surface area contributed by atoms with Crippen molar-refractivity contribution >= 4 is 11.8 Å². The number of hydrogen-bond acceptors (Lipinski definition) is 6. The zero-order valence-corrected chi connectivity index (χ0v) is 11.5. The highest BCUT2D eigenvalue weighted by atomic mass is 15.3. The second-order valence-corrected chi connectivity index (χ2v) is 5.00. The number of pyridine rings is 1. The van der Waals surface area contributed by atoms with Crippen LogP contribution in [0.4, 0.5) is 11.8 Å². The van der Waals surface area contributed by atoms with Crippen LogP contribution in [0, 0.1) is 0 Å². The molecule has 3 heterocycles. The maximum Gasteiger partial charge on any atom is 0.220 e. The van der Waals surface area contributed by atoms with E-state index < -0.39 is 0 Å². The van der Waals surface area contributed by atoms with Crippen molar-refractivity contribution in [3.8, 4) is 11.3 Å². The highest BCUT2D eigenvalue weighted by Gasteiger charge is 2.15. The molecule has 1 saturated heterocycles. The number of nitrogens with zero attached hydrogens (tertiary/aromatic N) is 5. The van der Waals surface area contributed by atoms with Gasteiger partial charge < -0.3 is 15.5 Å². The van der Waals surface area contributed by atoms with Crippen molar-refractivity contribution < 1.29 is 0 Å². The highest BCUT2D eigenvalue weighted by molar-refractivity contribution is 5.60. The van der Waals surface area contributed by atoms with E-state index in [1.165, 1.54) is 0 Å². The van der Waals surface area contributed by atoms with Gasteiger partial charge in [0.15, 0.2) is 0 Å². The van der Waals surface area contributed by atoms with Crippen molar-refractivity contribution in [2.24, 2.45) is 0 Å². The molecule has 0 atom stereocenters. The summed E-state index contributed by atoms with van der Waals surface area (Å²) >= 11 is 0. The molecule has 6 nitrogen and oxygen atoms in total. The number of piperazine rings is 1. The molecule has 1 aliphatic rings. The smallest absolute Gasteiger partial charge is 0.220 e. The largest absolute Gasteiger partial charge is 0.368 e. The first-order valence-corrected chi connectivity index (χ1v) is 6.71. The Morgan fingerprint density at radius 3 is 2.50 bits per heavy atom. The molecule has 1 aliphatic heterocycles. The van der Waals surface area contributed by atoms with Crippen LogP contribution in [0.3, 0.4) is 0 Å². The molecule has 0 spiro atoms. The van der Waals surface area contributed by atoms with Gasteiger partial charge in [-0.3, -0.25) is 0 Å². The fourth-order valence-corrected chi connectivity index (χ4v) is 2.29. The van der Waals surface area contributed by atoms with Crippen LogP contribution in [0.5, 0.6) is 0 Å². The fourth-order valence-electron chi connectivity index (χ4n) is 2.29. The Morgan fingerprint density at radius 1 is 1.05 bits per heavy atom. The molecule has 6 heteroatoms. The van der Waals surface area contributed by atoms with E-state index in [0.717, 1.165) is 43.3 Å². The lowest BCUT2D eigenvalue weighted by atomic mass is 10.2. The van der Waals surface area contributed by atoms with Crippen LogP contribution < -0.4 is 10.6 Å². The van der Waals surface area contributed by atoms with E-state index >= 15 is 0 Å². The summed E-state index contributed by atoms with van der Waals surface area (Å²) < 4.78 is 0. The summed E-state index contributed by atoms with van der Waals surface area (Å²) in [6.45, 7) is 4.18. The number of likely N-dealkylation sites (N-methyl/N-ethyl adjacent to an activating group) is 1. The second kappa shape index (κ2) is 5.42. The summed E-state index contributed by atoms with van der Waals surface area (Å²) in [6, 6.07) is 5.91. The normalized spacial score (nSPS) is 16.4. The van der Waals surface area contributed by atoms with E-state index in [0.29, 0.717) is 0 Å². The fraction of sp³-hybridized carbons (Fsp3) is 0.357. The second-order valence-electron chi connectivity index (χ2n) is 5.00. The van der Waals surface area contributed by atoms with Crippen LogP contribution in [0.25, 0.3) is 11.3 Å². The van der Waals surface area contributed by atoms with E-state index in [4.69, 9.17) is 5.73 Å². The highest BCUT2D eigenvalue weighted by Crippen LogP contribution is 2.20. The van der Waals surface area contributed by atoms with Gasteiger partial charge in [0.2, 0.25) is 5.95 Å². The Balaban J connectivity index is 1.78. The molecule has 104 valence electrons.